The van der Waals surface area contributed by atoms with Gasteiger partial charge in [0.15, 0.2) is 0 Å². The highest BCUT2D eigenvalue weighted by molar-refractivity contribution is 7.92. The molecule has 4 aromatic carbocycles. The second kappa shape index (κ2) is 15.3. The number of amides is 2. The standard InChI is InChI=1S/C36H40ClN3O5S/c1-5-45-31-20-18-30(19-21-31)40(46(43,44)32-22-16-29(37)17-23-32)26-34(41)39(25-28-14-10-7-11-15-28)33(35(42)38-36(2,3)4)24-27-12-8-6-9-13-27/h6-23,33H,5,24-26H2,1-4H3,(H,38,42). The van der Waals surface area contributed by atoms with Crippen molar-refractivity contribution in [1.29, 1.82) is 0 Å². The summed E-state index contributed by atoms with van der Waals surface area (Å²) in [5, 5.41) is 3.41. The number of nitrogens with zero attached hydrogens (tertiary/aromatic N) is 2. The lowest BCUT2D eigenvalue weighted by molar-refractivity contribution is -0.140. The molecule has 1 unspecified atom stereocenters. The molecule has 0 aromatic heterocycles. The number of carbonyl (C=O) groups is 2. The van der Waals surface area contributed by atoms with E-state index >= 15 is 0 Å². The van der Waals surface area contributed by atoms with Gasteiger partial charge in [-0.3, -0.25) is 13.9 Å². The third-order valence-corrected chi connectivity index (χ3v) is 9.12. The summed E-state index contributed by atoms with van der Waals surface area (Å²) < 4.78 is 34.9. The Morgan fingerprint density at radius 1 is 0.826 bits per heavy atom. The Hall–Kier alpha value is -4.34. The molecule has 0 fully saturated rings. The smallest absolute Gasteiger partial charge is 0.264 e. The number of ether oxygens (including phenoxy) is 1. The van der Waals surface area contributed by atoms with Gasteiger partial charge in [-0.1, -0.05) is 72.3 Å². The summed E-state index contributed by atoms with van der Waals surface area (Å²) in [6, 6.07) is 30.1. The van der Waals surface area contributed by atoms with Crippen LogP contribution in [-0.4, -0.2) is 49.9 Å². The first-order valence-corrected chi connectivity index (χ1v) is 16.9. The van der Waals surface area contributed by atoms with E-state index in [1.54, 1.807) is 24.3 Å². The molecule has 8 nitrogen and oxygen atoms in total. The van der Waals surface area contributed by atoms with Crippen LogP contribution in [0.25, 0.3) is 0 Å². The van der Waals surface area contributed by atoms with Gasteiger partial charge < -0.3 is 15.0 Å². The van der Waals surface area contributed by atoms with E-state index in [2.05, 4.69) is 5.32 Å². The van der Waals surface area contributed by atoms with Crippen LogP contribution in [0.4, 0.5) is 5.69 Å². The molecule has 2 amide bonds. The zero-order chi connectivity index (χ0) is 33.3. The van der Waals surface area contributed by atoms with Crippen LogP contribution in [0, 0.1) is 0 Å². The Kier molecular flexibility index (Phi) is 11.5. The molecule has 0 heterocycles. The summed E-state index contributed by atoms with van der Waals surface area (Å²) in [4.78, 5) is 29.9. The zero-order valence-corrected chi connectivity index (χ0v) is 28.1. The minimum Gasteiger partial charge on any atom is -0.494 e. The number of halogens is 1. The molecule has 1 N–H and O–H groups in total. The minimum absolute atomic E-state index is 0.0282. The van der Waals surface area contributed by atoms with Crippen LogP contribution in [0.5, 0.6) is 5.75 Å². The summed E-state index contributed by atoms with van der Waals surface area (Å²) in [5.41, 5.74) is 1.36. The predicted molar refractivity (Wildman–Crippen MR) is 182 cm³/mol. The number of rotatable bonds is 13. The third kappa shape index (κ3) is 9.34. The molecule has 242 valence electrons. The van der Waals surface area contributed by atoms with E-state index in [0.29, 0.717) is 17.4 Å². The van der Waals surface area contributed by atoms with Crippen LogP contribution in [0.2, 0.25) is 5.02 Å². The van der Waals surface area contributed by atoms with Gasteiger partial charge in [0.1, 0.15) is 18.3 Å². The first kappa shape index (κ1) is 34.5. The fourth-order valence-corrected chi connectivity index (χ4v) is 6.46. The van der Waals surface area contributed by atoms with E-state index in [1.165, 1.54) is 29.2 Å². The second-order valence-electron chi connectivity index (χ2n) is 11.8. The van der Waals surface area contributed by atoms with E-state index in [-0.39, 0.29) is 29.5 Å². The summed E-state index contributed by atoms with van der Waals surface area (Å²) in [6.45, 7) is 7.46. The van der Waals surface area contributed by atoms with E-state index in [0.717, 1.165) is 15.4 Å². The topological polar surface area (TPSA) is 96.0 Å². The molecule has 0 saturated carbocycles. The summed E-state index contributed by atoms with van der Waals surface area (Å²) in [6.07, 6.45) is 0.230. The third-order valence-electron chi connectivity index (χ3n) is 7.08. The monoisotopic (exact) mass is 661 g/mol. The Morgan fingerprint density at radius 3 is 1.93 bits per heavy atom. The Labute approximate surface area is 277 Å². The fourth-order valence-electron chi connectivity index (χ4n) is 4.92. The molecule has 1 atom stereocenters. The molecule has 4 aromatic rings. The maximum absolute atomic E-state index is 14.5. The lowest BCUT2D eigenvalue weighted by atomic mass is 10.0. The number of anilines is 1. The molecule has 10 heteroatoms. The van der Waals surface area contributed by atoms with Gasteiger partial charge in [0, 0.05) is 23.5 Å². The molecule has 4 rings (SSSR count). The molecule has 0 spiro atoms. The second-order valence-corrected chi connectivity index (χ2v) is 14.1. The van der Waals surface area contributed by atoms with E-state index < -0.39 is 34.1 Å². The molecule has 0 aliphatic rings. The Balaban J connectivity index is 1.80. The van der Waals surface area contributed by atoms with E-state index in [1.807, 2.05) is 88.4 Å². The van der Waals surface area contributed by atoms with Gasteiger partial charge in [0.25, 0.3) is 10.0 Å². The van der Waals surface area contributed by atoms with Crippen LogP contribution >= 0.6 is 11.6 Å². The normalized spacial score (nSPS) is 12.2. The van der Waals surface area contributed by atoms with Gasteiger partial charge in [-0.15, -0.1) is 0 Å². The first-order chi connectivity index (χ1) is 21.9. The molecule has 0 bridgehead atoms. The van der Waals surface area contributed by atoms with Crippen molar-refractivity contribution in [2.24, 2.45) is 0 Å². The average molecular weight is 662 g/mol. The van der Waals surface area contributed by atoms with Gasteiger partial charge in [0.2, 0.25) is 11.8 Å². The Morgan fingerprint density at radius 2 is 1.39 bits per heavy atom. The van der Waals surface area contributed by atoms with Crippen molar-refractivity contribution in [3.63, 3.8) is 0 Å². The molecule has 0 aliphatic heterocycles. The van der Waals surface area contributed by atoms with Gasteiger partial charge in [-0.2, -0.15) is 0 Å². The van der Waals surface area contributed by atoms with E-state index in [4.69, 9.17) is 16.3 Å². The molecular formula is C36H40ClN3O5S. The van der Waals surface area contributed by atoms with Crippen molar-refractivity contribution in [2.75, 3.05) is 17.5 Å². The molecule has 46 heavy (non-hydrogen) atoms. The van der Waals surface area contributed by atoms with Gasteiger partial charge in [-0.05, 0) is 87.4 Å². The number of sulfonamides is 1. The van der Waals surface area contributed by atoms with E-state index in [9.17, 15) is 18.0 Å². The molecular weight excluding hydrogens is 622 g/mol. The van der Waals surface area contributed by atoms with Crippen LogP contribution in [0.3, 0.4) is 0 Å². The highest BCUT2D eigenvalue weighted by Gasteiger charge is 2.35. The maximum Gasteiger partial charge on any atom is 0.264 e. The number of nitrogens with one attached hydrogen (secondary N) is 1. The van der Waals surface area contributed by atoms with Crippen molar-refractivity contribution in [2.45, 2.75) is 57.1 Å². The van der Waals surface area contributed by atoms with Crippen LogP contribution in [0.15, 0.2) is 114 Å². The van der Waals surface area contributed by atoms with Crippen molar-refractivity contribution < 1.29 is 22.7 Å². The van der Waals surface area contributed by atoms with Crippen molar-refractivity contribution in [3.05, 3.63) is 125 Å². The Bertz CT molecular complexity index is 1690. The van der Waals surface area contributed by atoms with Gasteiger partial charge in [0.05, 0.1) is 17.2 Å². The van der Waals surface area contributed by atoms with Crippen molar-refractivity contribution in [1.82, 2.24) is 10.2 Å². The minimum atomic E-state index is -4.25. The number of carbonyl (C=O) groups excluding carboxylic acids is 2. The van der Waals surface area contributed by atoms with Crippen molar-refractivity contribution >= 4 is 39.1 Å². The van der Waals surface area contributed by atoms with Crippen LogP contribution in [0.1, 0.15) is 38.8 Å². The largest absolute Gasteiger partial charge is 0.494 e. The quantitative estimate of drug-likeness (QED) is 0.177. The number of hydrogen-bond acceptors (Lipinski definition) is 5. The molecule has 0 radical (unpaired) electrons. The number of benzene rings is 4. The highest BCUT2D eigenvalue weighted by atomic mass is 35.5. The highest BCUT2D eigenvalue weighted by Crippen LogP contribution is 2.28. The lowest BCUT2D eigenvalue weighted by Crippen LogP contribution is -2.56. The molecule has 0 aliphatic carbocycles. The average Bonchev–Trinajstić information content (AvgIpc) is 3.02. The molecule has 0 saturated heterocycles. The van der Waals surface area contributed by atoms with Gasteiger partial charge >= 0.3 is 0 Å². The van der Waals surface area contributed by atoms with Crippen molar-refractivity contribution in [3.8, 4) is 5.75 Å². The fraction of sp³-hybridized carbons (Fsp3) is 0.278. The first-order valence-electron chi connectivity index (χ1n) is 15.1. The predicted octanol–water partition coefficient (Wildman–Crippen LogP) is 6.49. The van der Waals surface area contributed by atoms with Gasteiger partial charge in [-0.25, -0.2) is 8.42 Å². The SMILES string of the molecule is CCOc1ccc(N(CC(=O)N(Cc2ccccc2)C(Cc2ccccc2)C(=O)NC(C)(C)C)S(=O)(=O)c2ccc(Cl)cc2)cc1. The number of hydrogen-bond donors (Lipinski definition) is 1. The van der Waals surface area contributed by atoms with Crippen LogP contribution in [-0.2, 0) is 32.6 Å². The lowest BCUT2D eigenvalue weighted by Gasteiger charge is -2.35. The van der Waals surface area contributed by atoms with Crippen LogP contribution < -0.4 is 14.4 Å². The zero-order valence-electron chi connectivity index (χ0n) is 26.5. The summed E-state index contributed by atoms with van der Waals surface area (Å²) >= 11 is 6.06. The summed E-state index contributed by atoms with van der Waals surface area (Å²) in [5.74, 6) is -0.317. The summed E-state index contributed by atoms with van der Waals surface area (Å²) in [7, 11) is -4.25. The maximum atomic E-state index is 14.5.